The van der Waals surface area contributed by atoms with Crippen molar-refractivity contribution in [3.8, 4) is 0 Å². The first-order valence-electron chi connectivity index (χ1n) is 2.74. The molecule has 0 aromatic heterocycles. The van der Waals surface area contributed by atoms with Crippen LogP contribution in [0.3, 0.4) is 0 Å². The molecule has 1 aliphatic carbocycles. The first-order chi connectivity index (χ1) is 3.79. The average Bonchev–Trinajstić information content (AvgIpc) is 2.41. The number of aliphatic carboxylic acids is 1. The Morgan fingerprint density at radius 1 is 1.67 bits per heavy atom. The van der Waals surface area contributed by atoms with E-state index in [1.807, 2.05) is 0 Å². The number of rotatable bonds is 3. The molecule has 0 aromatic carbocycles. The molecule has 2 N–H and O–H groups in total. The summed E-state index contributed by atoms with van der Waals surface area (Å²) in [6.45, 7) is 0.116. The third-order valence-corrected chi connectivity index (χ3v) is 1.12. The van der Waals surface area contributed by atoms with Gasteiger partial charge in [-0.3, -0.25) is 4.79 Å². The van der Waals surface area contributed by atoms with E-state index in [1.165, 1.54) is 0 Å². The van der Waals surface area contributed by atoms with E-state index < -0.39 is 5.97 Å². The Bertz CT molecular complexity index is 103. The summed E-state index contributed by atoms with van der Waals surface area (Å²) in [7, 11) is 0. The number of hydrogen-bond donors (Lipinski definition) is 2. The normalized spacial score (nSPS) is 16.4. The molecule has 0 saturated heterocycles. The van der Waals surface area contributed by atoms with Crippen LogP contribution in [0, 0.1) is 0 Å². The van der Waals surface area contributed by atoms with Crippen LogP contribution in [0.4, 0.5) is 0 Å². The van der Waals surface area contributed by atoms with Crippen LogP contribution in [-0.4, -0.2) is 61.4 Å². The molecule has 1 saturated carbocycles. The van der Waals surface area contributed by atoms with Crippen LogP contribution in [0.1, 0.15) is 12.8 Å². The van der Waals surface area contributed by atoms with E-state index in [0.29, 0.717) is 6.04 Å². The van der Waals surface area contributed by atoms with Gasteiger partial charge < -0.3 is 10.4 Å². The van der Waals surface area contributed by atoms with Crippen molar-refractivity contribution in [1.82, 2.24) is 5.32 Å². The zero-order valence-electron chi connectivity index (χ0n) is 4.55. The topological polar surface area (TPSA) is 49.3 Å². The van der Waals surface area contributed by atoms with Gasteiger partial charge in [-0.25, -0.2) is 0 Å². The van der Waals surface area contributed by atoms with Crippen molar-refractivity contribution in [1.29, 1.82) is 0 Å². The van der Waals surface area contributed by atoms with Gasteiger partial charge in [-0.2, -0.15) is 0 Å². The summed E-state index contributed by atoms with van der Waals surface area (Å²) in [5.41, 5.74) is 0. The third kappa shape index (κ3) is 5.15. The maximum absolute atomic E-state index is 9.87. The number of carboxylic acid groups (broad SMARTS) is 1. The Morgan fingerprint density at radius 2 is 2.22 bits per heavy atom. The molecular weight excluding hydrogens is 146 g/mol. The summed E-state index contributed by atoms with van der Waals surface area (Å²) >= 11 is 0. The molecule has 0 bridgehead atoms. The van der Waals surface area contributed by atoms with Gasteiger partial charge in [0.1, 0.15) is 0 Å². The molecule has 3 nitrogen and oxygen atoms in total. The molecule has 0 radical (unpaired) electrons. The van der Waals surface area contributed by atoms with Crippen molar-refractivity contribution in [2.75, 3.05) is 6.54 Å². The van der Waals surface area contributed by atoms with Gasteiger partial charge in [0.25, 0.3) is 0 Å². The van der Waals surface area contributed by atoms with E-state index in [-0.39, 0.29) is 44.3 Å². The molecule has 0 atom stereocenters. The van der Waals surface area contributed by atoms with E-state index in [0.717, 1.165) is 12.8 Å². The van der Waals surface area contributed by atoms with Gasteiger partial charge in [0.2, 0.25) is 0 Å². The summed E-state index contributed by atoms with van der Waals surface area (Å²) in [5.74, 6) is -0.767. The molecule has 50 valence electrons. The van der Waals surface area contributed by atoms with Crippen LogP contribution in [0.2, 0.25) is 0 Å². The fraction of sp³-hybridized carbons (Fsp3) is 0.800. The van der Waals surface area contributed by atoms with E-state index in [9.17, 15) is 4.79 Å². The summed E-state index contributed by atoms with van der Waals surface area (Å²) in [4.78, 5) is 9.87. The first-order valence-corrected chi connectivity index (χ1v) is 2.74. The molecule has 0 amide bonds. The standard InChI is InChI=1S/C5H9NO2.Ca.2H/c7-5(8)3-6-4-1-2-4;;;/h4,6H,1-3H2,(H,7,8);;;. The van der Waals surface area contributed by atoms with Crippen molar-refractivity contribution in [3.63, 3.8) is 0 Å². The van der Waals surface area contributed by atoms with Crippen molar-refractivity contribution in [3.05, 3.63) is 0 Å². The molecule has 1 rings (SSSR count). The fourth-order valence-electron chi connectivity index (χ4n) is 0.519. The number of carbonyl (C=O) groups is 1. The predicted octanol–water partition coefficient (Wildman–Crippen LogP) is -1.09. The minimum atomic E-state index is -0.767. The zero-order valence-corrected chi connectivity index (χ0v) is 4.55. The Kier molecular flexibility index (Phi) is 4.84. The molecule has 1 fully saturated rings. The SMILES string of the molecule is O=C(O)CNC1CC1.[CaH2]. The van der Waals surface area contributed by atoms with Gasteiger partial charge in [0.05, 0.1) is 6.54 Å². The van der Waals surface area contributed by atoms with E-state index in [1.54, 1.807) is 0 Å². The summed E-state index contributed by atoms with van der Waals surface area (Å²) in [6, 6.07) is 0.506. The minimum absolute atomic E-state index is 0. The first kappa shape index (κ1) is 9.69. The van der Waals surface area contributed by atoms with Gasteiger partial charge in [0.15, 0.2) is 0 Å². The average molecular weight is 157 g/mol. The Labute approximate surface area is 83.8 Å². The number of carboxylic acids is 1. The quantitative estimate of drug-likeness (QED) is 0.512. The van der Waals surface area contributed by atoms with Crippen molar-refractivity contribution >= 4 is 43.7 Å². The van der Waals surface area contributed by atoms with Gasteiger partial charge in [0, 0.05) is 6.04 Å². The second-order valence-corrected chi connectivity index (χ2v) is 2.05. The zero-order chi connectivity index (χ0) is 5.98. The predicted molar refractivity (Wildman–Crippen MR) is 37.2 cm³/mol. The molecule has 0 aromatic rings. The Morgan fingerprint density at radius 3 is 2.56 bits per heavy atom. The van der Waals surface area contributed by atoms with Crippen molar-refractivity contribution < 1.29 is 9.90 Å². The van der Waals surface area contributed by atoms with Crippen molar-refractivity contribution in [2.45, 2.75) is 18.9 Å². The van der Waals surface area contributed by atoms with E-state index in [2.05, 4.69) is 5.32 Å². The molecule has 0 aliphatic heterocycles. The molecule has 0 unspecified atom stereocenters. The molecule has 9 heavy (non-hydrogen) atoms. The van der Waals surface area contributed by atoms with Gasteiger partial charge in [-0.05, 0) is 12.8 Å². The van der Waals surface area contributed by atoms with Crippen LogP contribution in [-0.2, 0) is 4.79 Å². The molecule has 1 aliphatic rings. The van der Waals surface area contributed by atoms with Gasteiger partial charge >= 0.3 is 43.7 Å². The van der Waals surface area contributed by atoms with Crippen molar-refractivity contribution in [2.24, 2.45) is 0 Å². The van der Waals surface area contributed by atoms with Crippen LogP contribution < -0.4 is 5.32 Å². The third-order valence-electron chi connectivity index (χ3n) is 1.12. The van der Waals surface area contributed by atoms with Gasteiger partial charge in [-0.15, -0.1) is 0 Å². The number of nitrogens with one attached hydrogen (secondary N) is 1. The van der Waals surface area contributed by atoms with E-state index in [4.69, 9.17) is 5.11 Å². The molecule has 0 spiro atoms. The number of hydrogen-bond acceptors (Lipinski definition) is 2. The van der Waals surface area contributed by atoms with Crippen LogP contribution in [0.25, 0.3) is 0 Å². The van der Waals surface area contributed by atoms with Gasteiger partial charge in [-0.1, -0.05) is 0 Å². The fourth-order valence-corrected chi connectivity index (χ4v) is 0.519. The van der Waals surface area contributed by atoms with Crippen LogP contribution >= 0.6 is 0 Å². The summed E-state index contributed by atoms with van der Waals surface area (Å²) < 4.78 is 0. The molecular formula is C5H11CaNO2. The maximum atomic E-state index is 9.87. The summed E-state index contributed by atoms with van der Waals surface area (Å²) in [5, 5.41) is 11.0. The Hall–Kier alpha value is 0.690. The molecule has 4 heteroatoms. The Balaban J connectivity index is 0.000000640. The monoisotopic (exact) mass is 157 g/mol. The van der Waals surface area contributed by atoms with Crippen LogP contribution in [0.15, 0.2) is 0 Å². The summed E-state index contributed by atoms with van der Waals surface area (Å²) in [6.07, 6.45) is 2.29. The second-order valence-electron chi connectivity index (χ2n) is 2.05. The molecule has 0 heterocycles. The van der Waals surface area contributed by atoms with E-state index >= 15 is 0 Å². The van der Waals surface area contributed by atoms with Crippen LogP contribution in [0.5, 0.6) is 0 Å². The second kappa shape index (κ2) is 4.50.